The molecule has 0 bridgehead atoms. The van der Waals surface area contributed by atoms with Gasteiger partial charge in [0.15, 0.2) is 0 Å². The summed E-state index contributed by atoms with van der Waals surface area (Å²) in [7, 11) is 0. The molecule has 0 aromatic carbocycles. The predicted molar refractivity (Wildman–Crippen MR) is 68.8 cm³/mol. The molecular formula is C13H12N3O3+. The Morgan fingerprint density at radius 1 is 1.37 bits per heavy atom. The third-order valence-electron chi connectivity index (χ3n) is 3.04. The van der Waals surface area contributed by atoms with Gasteiger partial charge in [0.25, 0.3) is 11.2 Å². The van der Waals surface area contributed by atoms with Crippen molar-refractivity contribution in [3.63, 3.8) is 0 Å². The smallest absolute Gasteiger partial charge is 0.415 e. The Hall–Kier alpha value is -2.63. The van der Waals surface area contributed by atoms with E-state index in [0.717, 1.165) is 0 Å². The summed E-state index contributed by atoms with van der Waals surface area (Å²) in [5.74, 6) is 0.589. The summed E-state index contributed by atoms with van der Waals surface area (Å²) in [6, 6.07) is 5.28. The first kappa shape index (κ1) is 11.5. The van der Waals surface area contributed by atoms with Crippen LogP contribution in [0.2, 0.25) is 0 Å². The summed E-state index contributed by atoms with van der Waals surface area (Å²) in [4.78, 5) is 29.1. The molecule has 6 nitrogen and oxygen atoms in total. The predicted octanol–water partition coefficient (Wildman–Crippen LogP) is 0.784. The third-order valence-corrected chi connectivity index (χ3v) is 3.04. The van der Waals surface area contributed by atoms with E-state index in [1.807, 2.05) is 6.92 Å². The number of pyridine rings is 1. The highest BCUT2D eigenvalue weighted by molar-refractivity contribution is 5.88. The molecule has 0 unspecified atom stereocenters. The Kier molecular flexibility index (Phi) is 2.56. The zero-order valence-electron chi connectivity index (χ0n) is 10.3. The SMILES string of the molecule is CCn1c(=O)[nH]c(=O)c2c(-c3ccco3)cc[nH+]c21. The molecular weight excluding hydrogens is 246 g/mol. The molecule has 19 heavy (non-hydrogen) atoms. The number of hydrogen-bond donors (Lipinski definition) is 1. The Labute approximate surface area is 107 Å². The Balaban J connectivity index is 2.51. The largest absolute Gasteiger partial charge is 0.464 e. The second kappa shape index (κ2) is 4.24. The van der Waals surface area contributed by atoms with Crippen LogP contribution in [0, 0.1) is 0 Å². The number of nitrogens with zero attached hydrogens (tertiary/aromatic N) is 1. The zero-order valence-corrected chi connectivity index (χ0v) is 10.3. The van der Waals surface area contributed by atoms with Gasteiger partial charge in [0.2, 0.25) is 0 Å². The number of nitrogens with one attached hydrogen (secondary N) is 2. The van der Waals surface area contributed by atoms with Gasteiger partial charge in [-0.25, -0.2) is 9.78 Å². The van der Waals surface area contributed by atoms with Crippen LogP contribution in [0.1, 0.15) is 6.92 Å². The number of H-pyrrole nitrogens is 2. The van der Waals surface area contributed by atoms with Crippen LogP contribution in [0.3, 0.4) is 0 Å². The van der Waals surface area contributed by atoms with Gasteiger partial charge in [0, 0.05) is 5.56 Å². The minimum atomic E-state index is -0.423. The first-order valence-electron chi connectivity index (χ1n) is 5.93. The van der Waals surface area contributed by atoms with Crippen molar-refractivity contribution in [1.82, 2.24) is 9.55 Å². The molecule has 0 amide bonds. The standard InChI is InChI=1S/C13H11N3O3/c1-2-16-11-10(12(17)15-13(16)18)8(5-6-14-11)9-4-3-7-19-9/h3-7H,2H2,1H3,(H,15,17,18)/p+1. The van der Waals surface area contributed by atoms with Crippen LogP contribution in [-0.2, 0) is 6.54 Å². The molecule has 0 saturated carbocycles. The molecule has 0 aliphatic heterocycles. The summed E-state index contributed by atoms with van der Waals surface area (Å²) >= 11 is 0. The number of rotatable bonds is 2. The summed E-state index contributed by atoms with van der Waals surface area (Å²) in [6.07, 6.45) is 3.23. The van der Waals surface area contributed by atoms with Crippen molar-refractivity contribution in [2.24, 2.45) is 0 Å². The van der Waals surface area contributed by atoms with Crippen molar-refractivity contribution in [1.29, 1.82) is 0 Å². The van der Waals surface area contributed by atoms with Crippen LogP contribution in [0.5, 0.6) is 0 Å². The van der Waals surface area contributed by atoms with E-state index in [1.54, 1.807) is 30.7 Å². The van der Waals surface area contributed by atoms with Gasteiger partial charge in [-0.15, -0.1) is 0 Å². The van der Waals surface area contributed by atoms with E-state index < -0.39 is 11.2 Å². The van der Waals surface area contributed by atoms with Crippen LogP contribution >= 0.6 is 0 Å². The normalized spacial score (nSPS) is 11.0. The Bertz CT molecular complexity index is 844. The molecule has 0 aliphatic rings. The summed E-state index contributed by atoms with van der Waals surface area (Å²) in [5.41, 5.74) is 0.299. The van der Waals surface area contributed by atoms with Crippen LogP contribution in [0.25, 0.3) is 22.4 Å². The molecule has 2 N–H and O–H groups in total. The van der Waals surface area contributed by atoms with Gasteiger partial charge in [0.1, 0.15) is 11.1 Å². The van der Waals surface area contributed by atoms with E-state index in [1.165, 1.54) is 4.57 Å². The van der Waals surface area contributed by atoms with Crippen molar-refractivity contribution >= 4 is 11.0 Å². The maximum atomic E-state index is 12.1. The summed E-state index contributed by atoms with van der Waals surface area (Å²) < 4.78 is 6.81. The van der Waals surface area contributed by atoms with E-state index in [4.69, 9.17) is 4.42 Å². The molecule has 3 rings (SSSR count). The maximum absolute atomic E-state index is 12.1. The summed E-state index contributed by atoms with van der Waals surface area (Å²) in [6.45, 7) is 2.30. The van der Waals surface area contributed by atoms with Crippen LogP contribution < -0.4 is 16.2 Å². The molecule has 6 heteroatoms. The quantitative estimate of drug-likeness (QED) is 0.737. The van der Waals surface area contributed by atoms with Crippen LogP contribution in [0.4, 0.5) is 0 Å². The monoisotopic (exact) mass is 258 g/mol. The number of aromatic amines is 2. The summed E-state index contributed by atoms with van der Waals surface area (Å²) in [5, 5.41) is 0.416. The van der Waals surface area contributed by atoms with E-state index in [9.17, 15) is 9.59 Å². The molecule has 0 spiro atoms. The fourth-order valence-corrected chi connectivity index (χ4v) is 2.20. The van der Waals surface area contributed by atoms with E-state index in [2.05, 4.69) is 9.97 Å². The van der Waals surface area contributed by atoms with Gasteiger partial charge in [-0.05, 0) is 25.1 Å². The zero-order chi connectivity index (χ0) is 13.4. The highest BCUT2D eigenvalue weighted by Gasteiger charge is 2.19. The van der Waals surface area contributed by atoms with E-state index in [0.29, 0.717) is 28.9 Å². The fourth-order valence-electron chi connectivity index (χ4n) is 2.20. The number of aryl methyl sites for hydroxylation is 1. The van der Waals surface area contributed by atoms with Crippen molar-refractivity contribution in [3.05, 3.63) is 51.5 Å². The average Bonchev–Trinajstić information content (AvgIpc) is 2.92. The average molecular weight is 258 g/mol. The van der Waals surface area contributed by atoms with Gasteiger partial charge in [-0.2, -0.15) is 4.57 Å². The molecule has 0 radical (unpaired) electrons. The van der Waals surface area contributed by atoms with Gasteiger partial charge in [-0.1, -0.05) is 0 Å². The lowest BCUT2D eigenvalue weighted by Crippen LogP contribution is -2.33. The highest BCUT2D eigenvalue weighted by Crippen LogP contribution is 2.23. The second-order valence-corrected chi connectivity index (χ2v) is 4.10. The lowest BCUT2D eigenvalue weighted by atomic mass is 10.1. The van der Waals surface area contributed by atoms with Gasteiger partial charge in [0.05, 0.1) is 19.0 Å². The number of furan rings is 1. The van der Waals surface area contributed by atoms with Gasteiger partial charge < -0.3 is 4.42 Å². The Morgan fingerprint density at radius 2 is 2.21 bits per heavy atom. The van der Waals surface area contributed by atoms with Crippen molar-refractivity contribution in [3.8, 4) is 11.3 Å². The molecule has 3 aromatic rings. The molecule has 0 fully saturated rings. The van der Waals surface area contributed by atoms with Gasteiger partial charge in [-0.3, -0.25) is 9.78 Å². The Morgan fingerprint density at radius 3 is 2.89 bits per heavy atom. The highest BCUT2D eigenvalue weighted by atomic mass is 16.3. The lowest BCUT2D eigenvalue weighted by molar-refractivity contribution is -0.349. The maximum Gasteiger partial charge on any atom is 0.415 e. The van der Waals surface area contributed by atoms with E-state index in [-0.39, 0.29) is 0 Å². The van der Waals surface area contributed by atoms with Crippen LogP contribution in [-0.4, -0.2) is 9.55 Å². The van der Waals surface area contributed by atoms with Crippen molar-refractivity contribution in [2.75, 3.05) is 0 Å². The van der Waals surface area contributed by atoms with Gasteiger partial charge >= 0.3 is 5.69 Å². The second-order valence-electron chi connectivity index (χ2n) is 4.10. The lowest BCUT2D eigenvalue weighted by Gasteiger charge is -2.02. The molecule has 96 valence electrons. The first-order chi connectivity index (χ1) is 9.22. The molecule has 3 aromatic heterocycles. The minimum absolute atomic E-state index is 0.416. The molecule has 3 heterocycles. The molecule has 0 aliphatic carbocycles. The van der Waals surface area contributed by atoms with Crippen LogP contribution in [0.15, 0.2) is 44.7 Å². The number of fused-ring (bicyclic) bond motifs is 1. The number of hydrogen-bond acceptors (Lipinski definition) is 3. The minimum Gasteiger partial charge on any atom is -0.464 e. The van der Waals surface area contributed by atoms with Crippen molar-refractivity contribution in [2.45, 2.75) is 13.5 Å². The third kappa shape index (κ3) is 1.69. The first-order valence-corrected chi connectivity index (χ1v) is 5.93. The molecule has 0 saturated heterocycles. The number of aromatic nitrogens is 3. The van der Waals surface area contributed by atoms with E-state index >= 15 is 0 Å². The topological polar surface area (TPSA) is 82.1 Å². The molecule has 0 atom stereocenters. The van der Waals surface area contributed by atoms with Crippen molar-refractivity contribution < 1.29 is 9.40 Å². The fraction of sp³-hybridized carbons (Fsp3) is 0.154.